The number of methoxy groups -OCH3 is 1. The Kier molecular flexibility index (Phi) is 6.23. The fourth-order valence-corrected chi connectivity index (χ4v) is 4.56. The van der Waals surface area contributed by atoms with Gasteiger partial charge in [0.1, 0.15) is 11.5 Å². The maximum atomic E-state index is 5.99. The van der Waals surface area contributed by atoms with Crippen LogP contribution < -0.4 is 9.47 Å². The van der Waals surface area contributed by atoms with E-state index < -0.39 is 0 Å². The molecule has 2 aliphatic carbocycles. The lowest BCUT2D eigenvalue weighted by molar-refractivity contribution is 0.129. The molecule has 0 heterocycles. The Morgan fingerprint density at radius 2 is 1.42 bits per heavy atom. The molecule has 24 heavy (non-hydrogen) atoms. The Hall–Kier alpha value is -1.44. The zero-order chi connectivity index (χ0) is 16.8. The van der Waals surface area contributed by atoms with Gasteiger partial charge < -0.3 is 9.47 Å². The van der Waals surface area contributed by atoms with Gasteiger partial charge in [-0.1, -0.05) is 6.08 Å². The highest BCUT2D eigenvalue weighted by Crippen LogP contribution is 2.41. The van der Waals surface area contributed by atoms with Crippen LogP contribution in [0.4, 0.5) is 0 Å². The van der Waals surface area contributed by atoms with Crippen LogP contribution in [-0.4, -0.2) is 13.7 Å². The summed E-state index contributed by atoms with van der Waals surface area (Å²) in [6.45, 7) is 4.83. The summed E-state index contributed by atoms with van der Waals surface area (Å²) in [5, 5.41) is 0. The maximum absolute atomic E-state index is 5.99. The van der Waals surface area contributed by atoms with Gasteiger partial charge in [0, 0.05) is 0 Å². The third kappa shape index (κ3) is 4.55. The molecule has 1 aromatic carbocycles. The number of rotatable bonds is 6. The van der Waals surface area contributed by atoms with Gasteiger partial charge in [-0.05, 0) is 99.3 Å². The summed E-state index contributed by atoms with van der Waals surface area (Å²) in [5.74, 6) is 5.30. The first-order valence-electron chi connectivity index (χ1n) is 9.68. The van der Waals surface area contributed by atoms with E-state index in [2.05, 4.69) is 12.7 Å². The van der Waals surface area contributed by atoms with Gasteiger partial charge >= 0.3 is 0 Å². The summed E-state index contributed by atoms with van der Waals surface area (Å²) < 4.78 is 11.2. The van der Waals surface area contributed by atoms with E-state index in [9.17, 15) is 0 Å². The Bertz CT molecular complexity index is 491. The van der Waals surface area contributed by atoms with Crippen LogP contribution in [0.25, 0.3) is 0 Å². The van der Waals surface area contributed by atoms with Gasteiger partial charge in [0.2, 0.25) is 0 Å². The van der Waals surface area contributed by atoms with E-state index in [1.54, 1.807) is 7.11 Å². The van der Waals surface area contributed by atoms with Gasteiger partial charge in [0.05, 0.1) is 13.7 Å². The minimum Gasteiger partial charge on any atom is -0.497 e. The van der Waals surface area contributed by atoms with Gasteiger partial charge in [-0.25, -0.2) is 0 Å². The zero-order valence-corrected chi connectivity index (χ0v) is 15.1. The maximum Gasteiger partial charge on any atom is 0.119 e. The summed E-state index contributed by atoms with van der Waals surface area (Å²) in [4.78, 5) is 0. The molecule has 132 valence electrons. The number of allylic oxidation sites excluding steroid dienone is 1. The summed E-state index contributed by atoms with van der Waals surface area (Å²) in [6.07, 6.45) is 13.2. The molecule has 0 amide bonds. The lowest BCUT2D eigenvalue weighted by Crippen LogP contribution is -2.27. The molecule has 3 rings (SSSR count). The third-order valence-corrected chi connectivity index (χ3v) is 6.25. The van der Waals surface area contributed by atoms with Gasteiger partial charge in [-0.3, -0.25) is 0 Å². The standard InChI is InChI=1S/C22H32O2/c1-3-17-4-8-19(9-5-17)20-10-6-18(7-11-20)16-24-22-14-12-21(23-2)13-15-22/h3,12-15,17-20H,1,4-11,16H2,2H3. The Balaban J connectivity index is 1.38. The molecule has 0 saturated heterocycles. The van der Waals surface area contributed by atoms with Crippen molar-refractivity contribution in [1.82, 2.24) is 0 Å². The fraction of sp³-hybridized carbons (Fsp3) is 0.636. The van der Waals surface area contributed by atoms with Crippen LogP contribution in [0.15, 0.2) is 36.9 Å². The number of hydrogen-bond acceptors (Lipinski definition) is 2. The van der Waals surface area contributed by atoms with Gasteiger partial charge in [-0.2, -0.15) is 0 Å². The van der Waals surface area contributed by atoms with Gasteiger partial charge in [0.25, 0.3) is 0 Å². The molecule has 0 spiro atoms. The Morgan fingerprint density at radius 1 is 0.875 bits per heavy atom. The van der Waals surface area contributed by atoms with Crippen molar-refractivity contribution < 1.29 is 9.47 Å². The topological polar surface area (TPSA) is 18.5 Å². The van der Waals surface area contributed by atoms with Crippen LogP contribution >= 0.6 is 0 Å². The normalized spacial score (nSPS) is 30.5. The molecule has 0 unspecified atom stereocenters. The van der Waals surface area contributed by atoms with Crippen LogP contribution in [-0.2, 0) is 0 Å². The van der Waals surface area contributed by atoms with Crippen LogP contribution in [0.2, 0.25) is 0 Å². The van der Waals surface area contributed by atoms with E-state index in [1.165, 1.54) is 51.4 Å². The van der Waals surface area contributed by atoms with E-state index >= 15 is 0 Å². The summed E-state index contributed by atoms with van der Waals surface area (Å²) >= 11 is 0. The van der Waals surface area contributed by atoms with Crippen LogP contribution in [0.1, 0.15) is 51.4 Å². The van der Waals surface area contributed by atoms with Crippen LogP contribution in [0.5, 0.6) is 11.5 Å². The molecule has 2 saturated carbocycles. The largest absolute Gasteiger partial charge is 0.497 e. The van der Waals surface area contributed by atoms with Crippen molar-refractivity contribution in [2.45, 2.75) is 51.4 Å². The summed E-state index contributed by atoms with van der Waals surface area (Å²) in [5.41, 5.74) is 0. The third-order valence-electron chi connectivity index (χ3n) is 6.25. The van der Waals surface area contributed by atoms with Gasteiger partial charge in [0.15, 0.2) is 0 Å². The molecule has 2 nitrogen and oxygen atoms in total. The predicted molar refractivity (Wildman–Crippen MR) is 99.6 cm³/mol. The first-order chi connectivity index (χ1) is 11.8. The van der Waals surface area contributed by atoms with E-state index in [0.717, 1.165) is 41.8 Å². The first-order valence-corrected chi connectivity index (χ1v) is 9.68. The molecule has 2 fully saturated rings. The highest BCUT2D eigenvalue weighted by atomic mass is 16.5. The number of ether oxygens (including phenoxy) is 2. The molecule has 0 radical (unpaired) electrons. The molecule has 0 aliphatic heterocycles. The molecule has 0 bridgehead atoms. The van der Waals surface area contributed by atoms with Crippen LogP contribution in [0.3, 0.4) is 0 Å². The quantitative estimate of drug-likeness (QED) is 0.608. The second-order valence-corrected chi connectivity index (χ2v) is 7.68. The van der Waals surface area contributed by atoms with Gasteiger partial charge in [-0.15, -0.1) is 6.58 Å². The zero-order valence-electron chi connectivity index (χ0n) is 15.1. The van der Waals surface area contributed by atoms with Crippen molar-refractivity contribution in [1.29, 1.82) is 0 Å². The number of benzene rings is 1. The highest BCUT2D eigenvalue weighted by molar-refractivity contribution is 5.31. The van der Waals surface area contributed by atoms with Crippen molar-refractivity contribution in [3.63, 3.8) is 0 Å². The fourth-order valence-electron chi connectivity index (χ4n) is 4.56. The molecule has 1 aromatic rings. The Labute approximate surface area is 147 Å². The van der Waals surface area contributed by atoms with Crippen LogP contribution in [0, 0.1) is 23.7 Å². The molecule has 0 atom stereocenters. The van der Waals surface area contributed by atoms with Crippen molar-refractivity contribution in [2.24, 2.45) is 23.7 Å². The second-order valence-electron chi connectivity index (χ2n) is 7.68. The molecule has 2 heteroatoms. The highest BCUT2D eigenvalue weighted by Gasteiger charge is 2.30. The second kappa shape index (κ2) is 8.60. The van der Waals surface area contributed by atoms with E-state index in [0.29, 0.717) is 0 Å². The molecule has 0 N–H and O–H groups in total. The molecular weight excluding hydrogens is 296 g/mol. The van der Waals surface area contributed by atoms with Crippen molar-refractivity contribution in [3.05, 3.63) is 36.9 Å². The van der Waals surface area contributed by atoms with E-state index in [1.807, 2.05) is 24.3 Å². The lowest BCUT2D eigenvalue weighted by Gasteiger charge is -2.37. The van der Waals surface area contributed by atoms with Crippen molar-refractivity contribution >= 4 is 0 Å². The molecular formula is C22H32O2. The lowest BCUT2D eigenvalue weighted by atomic mass is 9.69. The minimum atomic E-state index is 0.730. The average molecular weight is 328 g/mol. The molecule has 0 aromatic heterocycles. The molecule has 2 aliphatic rings. The van der Waals surface area contributed by atoms with Crippen molar-refractivity contribution in [2.75, 3.05) is 13.7 Å². The van der Waals surface area contributed by atoms with E-state index in [-0.39, 0.29) is 0 Å². The smallest absolute Gasteiger partial charge is 0.119 e. The predicted octanol–water partition coefficient (Wildman–Crippen LogP) is 5.87. The number of hydrogen-bond donors (Lipinski definition) is 0. The SMILES string of the molecule is C=CC1CCC(C2CCC(COc3ccc(OC)cc3)CC2)CC1. The summed E-state index contributed by atoms with van der Waals surface area (Å²) in [7, 11) is 1.69. The first kappa shape index (κ1) is 17.4. The van der Waals surface area contributed by atoms with E-state index in [4.69, 9.17) is 9.47 Å². The van der Waals surface area contributed by atoms with Crippen molar-refractivity contribution in [3.8, 4) is 11.5 Å². The average Bonchev–Trinajstić information content (AvgIpc) is 2.67. The summed E-state index contributed by atoms with van der Waals surface area (Å²) in [6, 6.07) is 7.93. The monoisotopic (exact) mass is 328 g/mol. The minimum absolute atomic E-state index is 0.730. The Morgan fingerprint density at radius 3 is 1.96 bits per heavy atom.